The van der Waals surface area contributed by atoms with Crippen molar-refractivity contribution in [3.8, 4) is 0 Å². The van der Waals surface area contributed by atoms with Crippen molar-refractivity contribution in [1.82, 2.24) is 0 Å². The summed E-state index contributed by atoms with van der Waals surface area (Å²) in [5, 5.41) is 0. The summed E-state index contributed by atoms with van der Waals surface area (Å²) in [6.07, 6.45) is 0. The molecule has 1 nitrogen and oxygen atoms in total. The zero-order valence-electron chi connectivity index (χ0n) is 11.2. The summed E-state index contributed by atoms with van der Waals surface area (Å²) in [4.78, 5) is 0. The Morgan fingerprint density at radius 3 is 2.21 bits per heavy atom. The van der Waals surface area contributed by atoms with Crippen LogP contribution in [0.5, 0.6) is 0 Å². The molecule has 0 saturated carbocycles. The Morgan fingerprint density at radius 2 is 1.58 bits per heavy atom. The molecule has 0 bridgehead atoms. The second-order valence-electron chi connectivity index (χ2n) is 4.85. The first kappa shape index (κ1) is 13.9. The lowest BCUT2D eigenvalue weighted by Gasteiger charge is -2.06. The minimum Gasteiger partial charge on any atom is -0.259 e. The van der Waals surface area contributed by atoms with Crippen LogP contribution in [0.15, 0.2) is 42.5 Å². The fourth-order valence-corrected chi connectivity index (χ4v) is 3.39. The van der Waals surface area contributed by atoms with E-state index in [1.54, 1.807) is 6.07 Å². The zero-order chi connectivity index (χ0) is 13.8. The summed E-state index contributed by atoms with van der Waals surface area (Å²) in [7, 11) is -1.01. The molecular formula is C16H17FOS. The average Bonchev–Trinajstić information content (AvgIpc) is 2.26. The smallest absolute Gasteiger partial charge is 0.123 e. The first-order valence-electron chi connectivity index (χ1n) is 6.19. The van der Waals surface area contributed by atoms with Crippen LogP contribution >= 0.6 is 0 Å². The van der Waals surface area contributed by atoms with Gasteiger partial charge >= 0.3 is 0 Å². The Kier molecular flexibility index (Phi) is 4.48. The molecule has 100 valence electrons. The van der Waals surface area contributed by atoms with Gasteiger partial charge in [-0.3, -0.25) is 4.21 Å². The molecule has 0 radical (unpaired) electrons. The molecule has 1 unspecified atom stereocenters. The number of halogens is 1. The van der Waals surface area contributed by atoms with Crippen LogP contribution in [0.2, 0.25) is 0 Å². The molecule has 0 spiro atoms. The van der Waals surface area contributed by atoms with E-state index in [4.69, 9.17) is 0 Å². The highest BCUT2D eigenvalue weighted by molar-refractivity contribution is 7.83. The summed E-state index contributed by atoms with van der Waals surface area (Å²) < 4.78 is 25.2. The molecule has 2 aromatic carbocycles. The standard InChI is InChI=1S/C16H17FOS/c1-12-6-13(2)8-15(7-12)11-19(18)10-14-4-3-5-16(17)9-14/h3-9H,10-11H2,1-2H3. The van der Waals surface area contributed by atoms with E-state index < -0.39 is 10.8 Å². The molecule has 0 aromatic heterocycles. The second-order valence-corrected chi connectivity index (χ2v) is 6.31. The van der Waals surface area contributed by atoms with Crippen molar-refractivity contribution in [2.75, 3.05) is 0 Å². The van der Waals surface area contributed by atoms with Crippen molar-refractivity contribution in [1.29, 1.82) is 0 Å². The van der Waals surface area contributed by atoms with Crippen molar-refractivity contribution in [3.05, 3.63) is 70.5 Å². The molecule has 0 fully saturated rings. The maximum Gasteiger partial charge on any atom is 0.123 e. The highest BCUT2D eigenvalue weighted by Crippen LogP contribution is 2.13. The van der Waals surface area contributed by atoms with Gasteiger partial charge in [0, 0.05) is 22.3 Å². The van der Waals surface area contributed by atoms with Crippen molar-refractivity contribution in [2.24, 2.45) is 0 Å². The van der Waals surface area contributed by atoms with Crippen molar-refractivity contribution in [2.45, 2.75) is 25.4 Å². The molecule has 0 amide bonds. The van der Waals surface area contributed by atoms with Crippen LogP contribution in [-0.4, -0.2) is 4.21 Å². The van der Waals surface area contributed by atoms with Gasteiger partial charge in [0.25, 0.3) is 0 Å². The van der Waals surface area contributed by atoms with E-state index in [9.17, 15) is 8.60 Å². The van der Waals surface area contributed by atoms with Crippen LogP contribution in [-0.2, 0) is 22.3 Å². The van der Waals surface area contributed by atoms with Crippen LogP contribution in [0, 0.1) is 19.7 Å². The first-order valence-corrected chi connectivity index (χ1v) is 7.68. The summed E-state index contributed by atoms with van der Waals surface area (Å²) >= 11 is 0. The fourth-order valence-electron chi connectivity index (χ4n) is 2.20. The summed E-state index contributed by atoms with van der Waals surface area (Å²) in [5.41, 5.74) is 4.21. The number of benzene rings is 2. The number of aryl methyl sites for hydroxylation is 2. The van der Waals surface area contributed by atoms with Crippen molar-refractivity contribution >= 4 is 10.8 Å². The topological polar surface area (TPSA) is 17.1 Å². The van der Waals surface area contributed by atoms with Gasteiger partial charge < -0.3 is 0 Å². The van der Waals surface area contributed by atoms with Gasteiger partial charge in [0.15, 0.2) is 0 Å². The van der Waals surface area contributed by atoms with Gasteiger partial charge in [-0.15, -0.1) is 0 Å². The van der Waals surface area contributed by atoms with E-state index in [0.29, 0.717) is 11.5 Å². The molecule has 0 aliphatic heterocycles. The Bertz CT molecular complexity index is 587. The van der Waals surface area contributed by atoms with Gasteiger partial charge in [0.05, 0.1) is 0 Å². The number of hydrogen-bond acceptors (Lipinski definition) is 1. The molecule has 0 saturated heterocycles. The normalized spacial score (nSPS) is 12.4. The first-order chi connectivity index (χ1) is 9.02. The molecule has 0 aliphatic rings. The summed E-state index contributed by atoms with van der Waals surface area (Å²) in [6, 6.07) is 12.5. The summed E-state index contributed by atoms with van der Waals surface area (Å²) in [5.74, 6) is 0.630. The lowest BCUT2D eigenvalue weighted by Crippen LogP contribution is -2.00. The van der Waals surface area contributed by atoms with E-state index in [1.807, 2.05) is 19.9 Å². The quantitative estimate of drug-likeness (QED) is 0.828. The van der Waals surface area contributed by atoms with Gasteiger partial charge in [0.2, 0.25) is 0 Å². The van der Waals surface area contributed by atoms with E-state index in [0.717, 1.165) is 11.1 Å². The van der Waals surface area contributed by atoms with Gasteiger partial charge in [-0.2, -0.15) is 0 Å². The van der Waals surface area contributed by atoms with Crippen molar-refractivity contribution in [3.63, 3.8) is 0 Å². The SMILES string of the molecule is Cc1cc(C)cc(CS(=O)Cc2cccc(F)c2)c1. The molecule has 0 heterocycles. The van der Waals surface area contributed by atoms with E-state index in [1.165, 1.54) is 23.3 Å². The Morgan fingerprint density at radius 1 is 0.947 bits per heavy atom. The number of hydrogen-bond donors (Lipinski definition) is 0. The molecule has 2 rings (SSSR count). The molecule has 3 heteroatoms. The highest BCUT2D eigenvalue weighted by atomic mass is 32.2. The van der Waals surface area contributed by atoms with Crippen LogP contribution in [0.25, 0.3) is 0 Å². The molecular weight excluding hydrogens is 259 g/mol. The third-order valence-electron chi connectivity index (χ3n) is 2.83. The summed E-state index contributed by atoms with van der Waals surface area (Å²) in [6.45, 7) is 4.07. The molecule has 2 aromatic rings. The van der Waals surface area contributed by atoms with E-state index >= 15 is 0 Å². The number of rotatable bonds is 4. The lowest BCUT2D eigenvalue weighted by atomic mass is 10.1. The predicted octanol–water partition coefficient (Wildman–Crippen LogP) is 3.89. The third-order valence-corrected chi connectivity index (χ3v) is 4.14. The molecule has 1 atom stereocenters. The van der Waals surface area contributed by atoms with Gasteiger partial charge in [-0.25, -0.2) is 4.39 Å². The minimum absolute atomic E-state index is 0.277. The van der Waals surface area contributed by atoms with E-state index in [-0.39, 0.29) is 5.82 Å². The van der Waals surface area contributed by atoms with Gasteiger partial charge in [0.1, 0.15) is 5.82 Å². The maximum absolute atomic E-state index is 13.1. The fraction of sp³-hybridized carbons (Fsp3) is 0.250. The molecule has 0 N–H and O–H groups in total. The average molecular weight is 276 g/mol. The zero-order valence-corrected chi connectivity index (χ0v) is 12.0. The Balaban J connectivity index is 2.05. The maximum atomic E-state index is 13.1. The van der Waals surface area contributed by atoms with Gasteiger partial charge in [-0.1, -0.05) is 41.5 Å². The van der Waals surface area contributed by atoms with Crippen LogP contribution < -0.4 is 0 Å². The lowest BCUT2D eigenvalue weighted by molar-refractivity contribution is 0.626. The third kappa shape index (κ3) is 4.28. The Hall–Kier alpha value is -1.48. The predicted molar refractivity (Wildman–Crippen MR) is 77.9 cm³/mol. The highest BCUT2D eigenvalue weighted by Gasteiger charge is 2.05. The van der Waals surface area contributed by atoms with Crippen LogP contribution in [0.3, 0.4) is 0 Å². The van der Waals surface area contributed by atoms with E-state index in [2.05, 4.69) is 18.2 Å². The second kappa shape index (κ2) is 6.11. The Labute approximate surface area is 115 Å². The largest absolute Gasteiger partial charge is 0.259 e. The van der Waals surface area contributed by atoms with Crippen molar-refractivity contribution < 1.29 is 8.60 Å². The molecule has 0 aliphatic carbocycles. The minimum atomic E-state index is -1.01. The van der Waals surface area contributed by atoms with Crippen LogP contribution in [0.1, 0.15) is 22.3 Å². The van der Waals surface area contributed by atoms with Gasteiger partial charge in [-0.05, 0) is 37.1 Å². The van der Waals surface area contributed by atoms with Crippen LogP contribution in [0.4, 0.5) is 4.39 Å². The molecule has 19 heavy (non-hydrogen) atoms. The monoisotopic (exact) mass is 276 g/mol.